The molecule has 1 atom stereocenters. The number of hydrogen-bond donors (Lipinski definition) is 2. The van der Waals surface area contributed by atoms with Gasteiger partial charge in [-0.15, -0.1) is 0 Å². The van der Waals surface area contributed by atoms with E-state index in [1.807, 2.05) is 0 Å². The Kier molecular flexibility index (Phi) is 5.91. The summed E-state index contributed by atoms with van der Waals surface area (Å²) in [5.41, 5.74) is 1.43. The number of ether oxygens (including phenoxy) is 1. The Hall–Kier alpha value is -1.56. The zero-order chi connectivity index (χ0) is 17.9. The van der Waals surface area contributed by atoms with Crippen LogP contribution in [0.15, 0.2) is 46.9 Å². The van der Waals surface area contributed by atoms with Crippen LogP contribution in [-0.2, 0) is 4.74 Å². The highest BCUT2D eigenvalue weighted by molar-refractivity contribution is 9.10. The minimum atomic E-state index is -0.799. The van der Waals surface area contributed by atoms with E-state index in [4.69, 9.17) is 16.3 Å². The van der Waals surface area contributed by atoms with Gasteiger partial charge in [-0.2, -0.15) is 0 Å². The lowest BCUT2D eigenvalue weighted by atomic mass is 10.0. The maximum Gasteiger partial charge on any atom is 0.412 e. The van der Waals surface area contributed by atoms with Crippen LogP contribution in [0.25, 0.3) is 0 Å². The Morgan fingerprint density at radius 1 is 1.21 bits per heavy atom. The van der Waals surface area contributed by atoms with E-state index in [9.17, 15) is 9.90 Å². The highest BCUT2D eigenvalue weighted by Gasteiger charge is 2.18. The van der Waals surface area contributed by atoms with Crippen molar-refractivity contribution >= 4 is 39.3 Å². The second-order valence-electron chi connectivity index (χ2n) is 6.32. The summed E-state index contributed by atoms with van der Waals surface area (Å²) in [6.45, 7) is 5.40. The fourth-order valence-electron chi connectivity index (χ4n) is 2.07. The number of rotatable bonds is 3. The van der Waals surface area contributed by atoms with Crippen molar-refractivity contribution in [1.29, 1.82) is 0 Å². The molecule has 0 bridgehead atoms. The molecule has 6 heteroatoms. The van der Waals surface area contributed by atoms with E-state index < -0.39 is 17.8 Å². The number of aliphatic hydroxyl groups excluding tert-OH is 1. The monoisotopic (exact) mass is 411 g/mol. The van der Waals surface area contributed by atoms with Crippen LogP contribution in [0.4, 0.5) is 10.5 Å². The molecule has 0 saturated carbocycles. The van der Waals surface area contributed by atoms with E-state index in [2.05, 4.69) is 21.2 Å². The van der Waals surface area contributed by atoms with Crippen molar-refractivity contribution in [3.05, 3.63) is 63.1 Å². The largest absolute Gasteiger partial charge is 0.444 e. The first kappa shape index (κ1) is 18.8. The van der Waals surface area contributed by atoms with Crippen LogP contribution in [0.2, 0.25) is 5.02 Å². The summed E-state index contributed by atoms with van der Waals surface area (Å²) in [5.74, 6) is 0. The molecule has 0 radical (unpaired) electrons. The van der Waals surface area contributed by atoms with Gasteiger partial charge >= 0.3 is 6.09 Å². The van der Waals surface area contributed by atoms with Gasteiger partial charge in [0.15, 0.2) is 0 Å². The van der Waals surface area contributed by atoms with Crippen LogP contribution in [0, 0.1) is 0 Å². The van der Waals surface area contributed by atoms with E-state index in [1.165, 1.54) is 0 Å². The van der Waals surface area contributed by atoms with Gasteiger partial charge in [-0.05, 0) is 56.2 Å². The number of hydrogen-bond acceptors (Lipinski definition) is 3. The molecular weight excluding hydrogens is 394 g/mol. The minimum Gasteiger partial charge on any atom is -0.444 e. The lowest BCUT2D eigenvalue weighted by Gasteiger charge is -2.20. The Balaban J connectivity index is 2.14. The van der Waals surface area contributed by atoms with E-state index in [-0.39, 0.29) is 0 Å². The van der Waals surface area contributed by atoms with Crippen molar-refractivity contribution in [3.63, 3.8) is 0 Å². The molecule has 4 nitrogen and oxygen atoms in total. The highest BCUT2D eigenvalue weighted by Crippen LogP contribution is 2.31. The van der Waals surface area contributed by atoms with Crippen LogP contribution in [0.5, 0.6) is 0 Å². The summed E-state index contributed by atoms with van der Waals surface area (Å²) in [6.07, 6.45) is -1.33. The second-order valence-corrected chi connectivity index (χ2v) is 7.61. The van der Waals surface area contributed by atoms with Gasteiger partial charge in [0.1, 0.15) is 11.7 Å². The first-order valence-electron chi connectivity index (χ1n) is 7.39. The predicted molar refractivity (Wildman–Crippen MR) is 99.5 cm³/mol. The third kappa shape index (κ3) is 5.23. The van der Waals surface area contributed by atoms with Gasteiger partial charge in [0.2, 0.25) is 0 Å². The quantitative estimate of drug-likeness (QED) is 0.696. The van der Waals surface area contributed by atoms with Crippen LogP contribution < -0.4 is 5.32 Å². The van der Waals surface area contributed by atoms with Crippen molar-refractivity contribution in [2.45, 2.75) is 32.5 Å². The molecule has 0 aliphatic rings. The fraction of sp³-hybridized carbons (Fsp3) is 0.278. The lowest BCUT2D eigenvalue weighted by Crippen LogP contribution is -2.27. The first-order chi connectivity index (χ1) is 11.2. The van der Waals surface area contributed by atoms with E-state index >= 15 is 0 Å². The van der Waals surface area contributed by atoms with Gasteiger partial charge in [0.05, 0.1) is 0 Å². The Labute approximate surface area is 154 Å². The molecule has 0 aliphatic heterocycles. The SMILES string of the molecule is CC(C)(C)OC(=O)Nc1ccc(C(O)c2ccc(Cl)cc2)c(Br)c1. The molecule has 0 saturated heterocycles. The van der Waals surface area contributed by atoms with Crippen molar-refractivity contribution in [2.75, 3.05) is 5.32 Å². The van der Waals surface area contributed by atoms with Crippen LogP contribution in [-0.4, -0.2) is 16.8 Å². The maximum absolute atomic E-state index is 11.8. The minimum absolute atomic E-state index is 0.527. The van der Waals surface area contributed by atoms with Gasteiger partial charge < -0.3 is 9.84 Å². The zero-order valence-electron chi connectivity index (χ0n) is 13.6. The fourth-order valence-corrected chi connectivity index (χ4v) is 2.79. The summed E-state index contributed by atoms with van der Waals surface area (Å²) in [5, 5.41) is 13.8. The average molecular weight is 413 g/mol. The first-order valence-corrected chi connectivity index (χ1v) is 8.56. The lowest BCUT2D eigenvalue weighted by molar-refractivity contribution is 0.0636. The summed E-state index contributed by atoms with van der Waals surface area (Å²) < 4.78 is 5.89. The summed E-state index contributed by atoms with van der Waals surface area (Å²) in [4.78, 5) is 11.8. The number of anilines is 1. The molecule has 2 aromatic carbocycles. The van der Waals surface area contributed by atoms with E-state index in [0.717, 1.165) is 5.56 Å². The number of aliphatic hydroxyl groups is 1. The second kappa shape index (κ2) is 7.55. The third-order valence-electron chi connectivity index (χ3n) is 3.13. The Bertz CT molecular complexity index is 726. The zero-order valence-corrected chi connectivity index (χ0v) is 16.0. The van der Waals surface area contributed by atoms with Crippen LogP contribution in [0.1, 0.15) is 38.0 Å². The number of nitrogens with one attached hydrogen (secondary N) is 1. The molecule has 0 fully saturated rings. The van der Waals surface area contributed by atoms with Gasteiger partial charge in [0.25, 0.3) is 0 Å². The maximum atomic E-state index is 11.8. The topological polar surface area (TPSA) is 58.6 Å². The Morgan fingerprint density at radius 2 is 1.83 bits per heavy atom. The molecule has 2 aromatic rings. The predicted octanol–water partition coefficient (Wildman–Crippen LogP) is 5.53. The molecule has 0 spiro atoms. The molecule has 0 aromatic heterocycles. The molecule has 1 unspecified atom stereocenters. The standard InChI is InChI=1S/C18H19BrClNO3/c1-18(2,3)24-17(23)21-13-8-9-14(15(19)10-13)16(22)11-4-6-12(20)7-5-11/h4-10,16,22H,1-3H3,(H,21,23). The highest BCUT2D eigenvalue weighted by atomic mass is 79.9. The number of benzene rings is 2. The molecule has 2 N–H and O–H groups in total. The summed E-state index contributed by atoms with van der Waals surface area (Å²) >= 11 is 9.30. The molecule has 0 heterocycles. The van der Waals surface area contributed by atoms with Gasteiger partial charge in [0, 0.05) is 15.2 Å². The van der Waals surface area contributed by atoms with Crippen molar-refractivity contribution < 1.29 is 14.6 Å². The normalized spacial score (nSPS) is 12.6. The van der Waals surface area contributed by atoms with Gasteiger partial charge in [-0.1, -0.05) is 45.7 Å². The molecule has 24 heavy (non-hydrogen) atoms. The van der Waals surface area contributed by atoms with Crippen molar-refractivity contribution in [1.82, 2.24) is 0 Å². The van der Waals surface area contributed by atoms with Gasteiger partial charge in [-0.3, -0.25) is 5.32 Å². The molecule has 0 aliphatic carbocycles. The molecular formula is C18H19BrClNO3. The Morgan fingerprint density at radius 3 is 2.38 bits per heavy atom. The van der Waals surface area contributed by atoms with Crippen molar-refractivity contribution in [2.24, 2.45) is 0 Å². The number of amides is 1. The number of carbonyl (C=O) groups excluding carboxylic acids is 1. The molecule has 1 amide bonds. The summed E-state index contributed by atoms with van der Waals surface area (Å²) in [6, 6.07) is 12.2. The number of carbonyl (C=O) groups is 1. The van der Waals surface area contributed by atoms with Crippen LogP contribution >= 0.6 is 27.5 Å². The third-order valence-corrected chi connectivity index (χ3v) is 4.06. The smallest absolute Gasteiger partial charge is 0.412 e. The van der Waals surface area contributed by atoms with Gasteiger partial charge in [-0.25, -0.2) is 4.79 Å². The molecule has 2 rings (SSSR count). The van der Waals surface area contributed by atoms with E-state index in [0.29, 0.717) is 20.7 Å². The van der Waals surface area contributed by atoms with Crippen molar-refractivity contribution in [3.8, 4) is 0 Å². The number of halogens is 2. The summed E-state index contributed by atoms with van der Waals surface area (Å²) in [7, 11) is 0. The van der Waals surface area contributed by atoms with Crippen LogP contribution in [0.3, 0.4) is 0 Å². The van der Waals surface area contributed by atoms with E-state index in [1.54, 1.807) is 63.2 Å². The molecule has 128 valence electrons. The average Bonchev–Trinajstić information content (AvgIpc) is 2.45.